The molecule has 0 bridgehead atoms. The minimum absolute atomic E-state index is 0.0297. The predicted molar refractivity (Wildman–Crippen MR) is 86.1 cm³/mol. The largest absolute Gasteiger partial charge is 0.469 e. The highest BCUT2D eigenvalue weighted by Crippen LogP contribution is 2.37. The van der Waals surface area contributed by atoms with E-state index in [1.54, 1.807) is 11.8 Å². The molecule has 1 aliphatic rings. The Bertz CT molecular complexity index is 600. The zero-order chi connectivity index (χ0) is 16.8. The molecular weight excluding hydrogens is 296 g/mol. The number of rotatable bonds is 6. The van der Waals surface area contributed by atoms with Crippen molar-refractivity contribution in [2.75, 3.05) is 25.1 Å². The summed E-state index contributed by atoms with van der Waals surface area (Å²) in [6, 6.07) is 7.86. The smallest absolute Gasteiger partial charge is 0.306 e. The van der Waals surface area contributed by atoms with Crippen molar-refractivity contribution < 1.29 is 19.1 Å². The third-order valence-electron chi connectivity index (χ3n) is 4.05. The van der Waals surface area contributed by atoms with Crippen LogP contribution in [0.5, 0.6) is 0 Å². The van der Waals surface area contributed by atoms with Crippen molar-refractivity contribution in [1.29, 1.82) is 0 Å². The molecule has 1 aromatic rings. The molecule has 1 atom stereocenters. The van der Waals surface area contributed by atoms with Gasteiger partial charge in [-0.3, -0.25) is 14.4 Å². The molecule has 6 nitrogen and oxygen atoms in total. The summed E-state index contributed by atoms with van der Waals surface area (Å²) in [5, 5.41) is 2.81. The average Bonchev–Trinajstić information content (AvgIpc) is 2.92. The van der Waals surface area contributed by atoms with Gasteiger partial charge in [-0.1, -0.05) is 18.2 Å². The highest BCUT2D eigenvalue weighted by molar-refractivity contribution is 5.94. The number of carbonyl (C=O) groups is 3. The van der Waals surface area contributed by atoms with Crippen molar-refractivity contribution in [2.24, 2.45) is 0 Å². The lowest BCUT2D eigenvalue weighted by Crippen LogP contribution is -2.29. The van der Waals surface area contributed by atoms with Crippen LogP contribution in [0.2, 0.25) is 0 Å². The van der Waals surface area contributed by atoms with E-state index in [0.717, 1.165) is 17.7 Å². The summed E-state index contributed by atoms with van der Waals surface area (Å²) in [6.45, 7) is 2.73. The molecule has 6 heteroatoms. The van der Waals surface area contributed by atoms with Crippen molar-refractivity contribution in [2.45, 2.75) is 32.1 Å². The van der Waals surface area contributed by atoms with Crippen LogP contribution in [0, 0.1) is 0 Å². The molecule has 1 aromatic carbocycles. The van der Waals surface area contributed by atoms with Gasteiger partial charge in [-0.05, 0) is 18.1 Å². The van der Waals surface area contributed by atoms with E-state index in [4.69, 9.17) is 0 Å². The van der Waals surface area contributed by atoms with Gasteiger partial charge in [0.05, 0.1) is 13.5 Å². The Balaban J connectivity index is 1.84. The molecule has 0 fully saturated rings. The molecule has 1 heterocycles. The molecule has 0 spiro atoms. The third kappa shape index (κ3) is 4.31. The first-order chi connectivity index (χ1) is 11.0. The second-order valence-electron chi connectivity index (χ2n) is 5.60. The van der Waals surface area contributed by atoms with Gasteiger partial charge < -0.3 is 15.0 Å². The summed E-state index contributed by atoms with van der Waals surface area (Å²) in [5.74, 6) is -0.301. The number of nitrogens with one attached hydrogen (secondary N) is 1. The molecule has 1 aliphatic heterocycles. The van der Waals surface area contributed by atoms with Gasteiger partial charge in [0.1, 0.15) is 0 Å². The standard InChI is InChI=1S/C17H22N2O4/c1-12(20)19-11-13(14-5-3-4-6-15(14)19)9-10-18-16(21)7-8-17(22)23-2/h3-6,13H,7-11H2,1-2H3,(H,18,21). The van der Waals surface area contributed by atoms with Crippen LogP contribution in [0.1, 0.15) is 37.7 Å². The lowest BCUT2D eigenvalue weighted by Gasteiger charge is -2.15. The number of hydrogen-bond donors (Lipinski definition) is 1. The fourth-order valence-electron chi connectivity index (χ4n) is 2.83. The molecule has 0 aromatic heterocycles. The topological polar surface area (TPSA) is 75.7 Å². The van der Waals surface area contributed by atoms with E-state index in [2.05, 4.69) is 10.1 Å². The zero-order valence-corrected chi connectivity index (χ0v) is 13.5. The quantitative estimate of drug-likeness (QED) is 0.808. The van der Waals surface area contributed by atoms with Crippen LogP contribution in [0.3, 0.4) is 0 Å². The Hall–Kier alpha value is -2.37. The van der Waals surface area contributed by atoms with Crippen LogP contribution < -0.4 is 10.2 Å². The van der Waals surface area contributed by atoms with Crippen molar-refractivity contribution in [3.05, 3.63) is 29.8 Å². The fourth-order valence-corrected chi connectivity index (χ4v) is 2.83. The SMILES string of the molecule is COC(=O)CCC(=O)NCCC1CN(C(C)=O)c2ccccc21. The van der Waals surface area contributed by atoms with Crippen molar-refractivity contribution in [1.82, 2.24) is 5.32 Å². The van der Waals surface area contributed by atoms with E-state index in [-0.39, 0.29) is 36.5 Å². The zero-order valence-electron chi connectivity index (χ0n) is 13.5. The molecule has 0 saturated carbocycles. The first-order valence-electron chi connectivity index (χ1n) is 7.73. The number of benzene rings is 1. The summed E-state index contributed by atoms with van der Waals surface area (Å²) >= 11 is 0. The van der Waals surface area contributed by atoms with E-state index < -0.39 is 0 Å². The number of esters is 1. The molecule has 0 radical (unpaired) electrons. The molecule has 2 amide bonds. The average molecular weight is 318 g/mol. The highest BCUT2D eigenvalue weighted by atomic mass is 16.5. The van der Waals surface area contributed by atoms with Crippen LogP contribution in [-0.2, 0) is 19.1 Å². The lowest BCUT2D eigenvalue weighted by molar-refractivity contribution is -0.142. The molecule has 1 N–H and O–H groups in total. The molecule has 0 aliphatic carbocycles. The number of anilines is 1. The van der Waals surface area contributed by atoms with Gasteiger partial charge in [0.25, 0.3) is 0 Å². The minimum atomic E-state index is -0.387. The van der Waals surface area contributed by atoms with E-state index in [1.165, 1.54) is 7.11 Å². The fraction of sp³-hybridized carbons (Fsp3) is 0.471. The highest BCUT2D eigenvalue weighted by Gasteiger charge is 2.29. The Kier molecular flexibility index (Phi) is 5.73. The number of carbonyl (C=O) groups excluding carboxylic acids is 3. The second-order valence-corrected chi connectivity index (χ2v) is 5.60. The first kappa shape index (κ1) is 17.0. The Morgan fingerprint density at radius 3 is 2.70 bits per heavy atom. The van der Waals surface area contributed by atoms with Crippen LogP contribution in [0.25, 0.3) is 0 Å². The Morgan fingerprint density at radius 1 is 1.26 bits per heavy atom. The number of fused-ring (bicyclic) bond motifs is 1. The Morgan fingerprint density at radius 2 is 2.00 bits per heavy atom. The third-order valence-corrected chi connectivity index (χ3v) is 4.05. The van der Waals surface area contributed by atoms with Gasteiger partial charge in [0.15, 0.2) is 0 Å². The Labute approximate surface area is 135 Å². The number of hydrogen-bond acceptors (Lipinski definition) is 4. The summed E-state index contributed by atoms with van der Waals surface area (Å²) in [5.41, 5.74) is 2.11. The molecule has 124 valence electrons. The normalized spacial score (nSPS) is 15.9. The molecule has 1 unspecified atom stereocenters. The lowest BCUT2D eigenvalue weighted by atomic mass is 9.98. The van der Waals surface area contributed by atoms with Crippen molar-refractivity contribution in [3.63, 3.8) is 0 Å². The van der Waals surface area contributed by atoms with Gasteiger partial charge in [-0.2, -0.15) is 0 Å². The van der Waals surface area contributed by atoms with Gasteiger partial charge in [-0.15, -0.1) is 0 Å². The maximum Gasteiger partial charge on any atom is 0.306 e. The van der Waals surface area contributed by atoms with Crippen molar-refractivity contribution in [3.8, 4) is 0 Å². The molecular formula is C17H22N2O4. The second kappa shape index (κ2) is 7.76. The van der Waals surface area contributed by atoms with Gasteiger partial charge in [0, 0.05) is 38.0 Å². The van der Waals surface area contributed by atoms with Gasteiger partial charge in [-0.25, -0.2) is 0 Å². The predicted octanol–water partition coefficient (Wildman–Crippen LogP) is 1.60. The molecule has 2 rings (SSSR count). The van der Waals surface area contributed by atoms with Crippen LogP contribution in [0.4, 0.5) is 5.69 Å². The van der Waals surface area contributed by atoms with Crippen molar-refractivity contribution >= 4 is 23.5 Å². The van der Waals surface area contributed by atoms with Crippen LogP contribution in [-0.4, -0.2) is 38.0 Å². The number of amides is 2. The number of methoxy groups -OCH3 is 1. The number of ether oxygens (including phenoxy) is 1. The first-order valence-corrected chi connectivity index (χ1v) is 7.73. The van der Waals surface area contributed by atoms with E-state index in [9.17, 15) is 14.4 Å². The molecule has 0 saturated heterocycles. The maximum atomic E-state index is 11.7. The number of para-hydroxylation sites is 1. The molecule has 23 heavy (non-hydrogen) atoms. The summed E-state index contributed by atoms with van der Waals surface area (Å²) in [4.78, 5) is 36.2. The van der Waals surface area contributed by atoms with E-state index >= 15 is 0 Å². The number of nitrogens with zero attached hydrogens (tertiary/aromatic N) is 1. The van der Waals surface area contributed by atoms with Gasteiger partial charge >= 0.3 is 5.97 Å². The van der Waals surface area contributed by atoms with E-state index in [0.29, 0.717) is 13.1 Å². The maximum absolute atomic E-state index is 11.7. The van der Waals surface area contributed by atoms with E-state index in [1.807, 2.05) is 24.3 Å². The summed E-state index contributed by atoms with van der Waals surface area (Å²) in [6.07, 6.45) is 0.977. The monoisotopic (exact) mass is 318 g/mol. The summed E-state index contributed by atoms with van der Waals surface area (Å²) in [7, 11) is 1.30. The van der Waals surface area contributed by atoms with Crippen LogP contribution >= 0.6 is 0 Å². The van der Waals surface area contributed by atoms with Crippen LogP contribution in [0.15, 0.2) is 24.3 Å². The minimum Gasteiger partial charge on any atom is -0.469 e. The summed E-state index contributed by atoms with van der Waals surface area (Å²) < 4.78 is 4.50. The van der Waals surface area contributed by atoms with Gasteiger partial charge in [0.2, 0.25) is 11.8 Å².